The van der Waals surface area contributed by atoms with Crippen molar-refractivity contribution in [3.63, 3.8) is 0 Å². The van der Waals surface area contributed by atoms with Crippen LogP contribution in [0, 0.1) is 45.3 Å². The topological polar surface area (TPSA) is 120 Å². The highest BCUT2D eigenvalue weighted by molar-refractivity contribution is 5.59. The van der Waals surface area contributed by atoms with Crippen LogP contribution in [0.4, 0.5) is 0 Å². The summed E-state index contributed by atoms with van der Waals surface area (Å²) in [5, 5.41) is 29.0. The van der Waals surface area contributed by atoms with Crippen molar-refractivity contribution in [3.8, 4) is 18.2 Å². The molecule has 1 aliphatic carbocycles. The molecule has 1 aromatic rings. The summed E-state index contributed by atoms with van der Waals surface area (Å²) in [4.78, 5) is 4.09. The highest BCUT2D eigenvalue weighted by Gasteiger charge is 2.54. The molecule has 0 saturated heterocycles. The molecule has 0 amide bonds. The molecule has 1 aliphatic heterocycles. The number of allylic oxidation sites excluding steroid dienone is 2. The Kier molecular flexibility index (Phi) is 3.58. The third-order valence-corrected chi connectivity index (χ3v) is 4.48. The lowest BCUT2D eigenvalue weighted by Gasteiger charge is -2.42. The van der Waals surface area contributed by atoms with Gasteiger partial charge in [-0.2, -0.15) is 15.8 Å². The molecule has 0 unspecified atom stereocenters. The van der Waals surface area contributed by atoms with Crippen molar-refractivity contribution in [2.45, 2.75) is 5.92 Å². The minimum absolute atomic E-state index is 0.0169. The van der Waals surface area contributed by atoms with Gasteiger partial charge in [0.15, 0.2) is 5.41 Å². The lowest BCUT2D eigenvalue weighted by Crippen LogP contribution is -2.44. The second-order valence-corrected chi connectivity index (χ2v) is 5.50. The summed E-state index contributed by atoms with van der Waals surface area (Å²) >= 11 is 0. The van der Waals surface area contributed by atoms with Crippen LogP contribution in [-0.2, 0) is 4.74 Å². The number of rotatable bonds is 1. The molecule has 3 rings (SSSR count). The Bertz CT molecular complexity index is 805. The summed E-state index contributed by atoms with van der Waals surface area (Å²) in [6, 6.07) is 9.74. The number of fused-ring (bicyclic) bond motifs is 1. The van der Waals surface area contributed by atoms with Gasteiger partial charge in [0.1, 0.15) is 6.07 Å². The van der Waals surface area contributed by atoms with Crippen molar-refractivity contribution >= 4 is 0 Å². The molecule has 6 heteroatoms. The van der Waals surface area contributed by atoms with Gasteiger partial charge in [0, 0.05) is 24.2 Å². The molecular weight excluding hydrogens is 290 g/mol. The maximum Gasteiger partial charge on any atom is 0.191 e. The summed E-state index contributed by atoms with van der Waals surface area (Å²) in [5.41, 5.74) is 6.25. The van der Waals surface area contributed by atoms with Crippen LogP contribution in [0.2, 0.25) is 0 Å². The summed E-state index contributed by atoms with van der Waals surface area (Å²) in [6.07, 6.45) is 5.06. The minimum Gasteiger partial charge on any atom is -0.399 e. The number of nitrogens with two attached hydrogens (primary N) is 1. The Hall–Kier alpha value is -3.14. The Balaban J connectivity index is 2.33. The Morgan fingerprint density at radius 1 is 1.30 bits per heavy atom. The molecule has 23 heavy (non-hydrogen) atoms. The van der Waals surface area contributed by atoms with Gasteiger partial charge in [-0.05, 0) is 17.2 Å². The molecule has 0 spiro atoms. The van der Waals surface area contributed by atoms with Crippen LogP contribution in [0.15, 0.2) is 47.4 Å². The molecule has 2 atom stereocenters. The maximum atomic E-state index is 9.77. The van der Waals surface area contributed by atoms with E-state index < -0.39 is 11.3 Å². The molecule has 2 N–H and O–H groups in total. The average molecular weight is 303 g/mol. The molecule has 0 aromatic carbocycles. The van der Waals surface area contributed by atoms with Crippen molar-refractivity contribution in [2.75, 3.05) is 13.2 Å². The first kappa shape index (κ1) is 14.8. The molecule has 0 saturated carbocycles. The first-order valence-corrected chi connectivity index (χ1v) is 7.10. The summed E-state index contributed by atoms with van der Waals surface area (Å²) in [6.45, 7) is 0.713. The van der Waals surface area contributed by atoms with E-state index in [-0.39, 0.29) is 17.2 Å². The predicted molar refractivity (Wildman–Crippen MR) is 79.9 cm³/mol. The summed E-state index contributed by atoms with van der Waals surface area (Å²) < 4.78 is 5.51. The molecular formula is C17H13N5O. The van der Waals surface area contributed by atoms with Gasteiger partial charge in [0.25, 0.3) is 0 Å². The monoisotopic (exact) mass is 303 g/mol. The third kappa shape index (κ3) is 1.99. The van der Waals surface area contributed by atoms with Crippen LogP contribution >= 0.6 is 0 Å². The SMILES string of the molecule is N#CC1=C(N)C(C#N)(C#N)[C@H](c2cccnc2)[C@@H]2COCC=C12. The van der Waals surface area contributed by atoms with Crippen LogP contribution in [-0.4, -0.2) is 18.2 Å². The quantitative estimate of drug-likeness (QED) is 0.839. The van der Waals surface area contributed by atoms with Crippen molar-refractivity contribution < 1.29 is 4.74 Å². The second kappa shape index (κ2) is 5.57. The van der Waals surface area contributed by atoms with E-state index in [1.165, 1.54) is 0 Å². The molecule has 0 radical (unpaired) electrons. The minimum atomic E-state index is -1.61. The van der Waals surface area contributed by atoms with E-state index in [1.807, 2.05) is 12.1 Å². The summed E-state index contributed by atoms with van der Waals surface area (Å²) in [5.74, 6) is -0.816. The molecule has 112 valence electrons. The van der Waals surface area contributed by atoms with Gasteiger partial charge in [-0.3, -0.25) is 4.98 Å². The summed E-state index contributed by atoms with van der Waals surface area (Å²) in [7, 11) is 0. The zero-order chi connectivity index (χ0) is 16.4. The largest absolute Gasteiger partial charge is 0.399 e. The van der Waals surface area contributed by atoms with Gasteiger partial charge in [0.05, 0.1) is 36.6 Å². The van der Waals surface area contributed by atoms with Gasteiger partial charge >= 0.3 is 0 Å². The van der Waals surface area contributed by atoms with E-state index in [1.54, 1.807) is 18.5 Å². The fourth-order valence-corrected chi connectivity index (χ4v) is 3.42. The second-order valence-electron chi connectivity index (χ2n) is 5.50. The molecule has 2 heterocycles. The van der Waals surface area contributed by atoms with E-state index in [0.29, 0.717) is 13.2 Å². The van der Waals surface area contributed by atoms with Crippen LogP contribution in [0.3, 0.4) is 0 Å². The van der Waals surface area contributed by atoms with Crippen LogP contribution in [0.5, 0.6) is 0 Å². The van der Waals surface area contributed by atoms with Crippen LogP contribution in [0.25, 0.3) is 0 Å². The van der Waals surface area contributed by atoms with Crippen LogP contribution < -0.4 is 5.73 Å². The average Bonchev–Trinajstić information content (AvgIpc) is 2.61. The van der Waals surface area contributed by atoms with Gasteiger partial charge < -0.3 is 10.5 Å². The van der Waals surface area contributed by atoms with E-state index in [2.05, 4.69) is 23.2 Å². The Morgan fingerprint density at radius 2 is 2.09 bits per heavy atom. The van der Waals surface area contributed by atoms with Crippen molar-refractivity contribution in [1.29, 1.82) is 15.8 Å². The number of aromatic nitrogens is 1. The van der Waals surface area contributed by atoms with Gasteiger partial charge in [-0.15, -0.1) is 0 Å². The standard InChI is InChI=1S/C17H13N5O/c18-6-13-12-3-5-23-8-14(12)15(11-2-1-4-22-7-11)17(9-19,10-20)16(13)21/h1-4,7,14-15H,5,8,21H2/t14-,15-/m1/s1. The van der Waals surface area contributed by atoms with Crippen molar-refractivity contribution in [1.82, 2.24) is 4.98 Å². The Morgan fingerprint density at radius 3 is 2.70 bits per heavy atom. The first-order chi connectivity index (χ1) is 11.2. The molecule has 1 aromatic heterocycles. The highest BCUT2D eigenvalue weighted by Crippen LogP contribution is 2.53. The van der Waals surface area contributed by atoms with Gasteiger partial charge in [0.2, 0.25) is 0 Å². The third-order valence-electron chi connectivity index (χ3n) is 4.48. The first-order valence-electron chi connectivity index (χ1n) is 7.10. The number of nitriles is 3. The number of nitrogens with zero attached hydrogens (tertiary/aromatic N) is 4. The smallest absolute Gasteiger partial charge is 0.191 e. The maximum absolute atomic E-state index is 9.77. The molecule has 0 fully saturated rings. The lowest BCUT2D eigenvalue weighted by atomic mass is 9.59. The Labute approximate surface area is 133 Å². The fraction of sp³-hybridized carbons (Fsp3) is 0.294. The number of ether oxygens (including phenoxy) is 1. The van der Waals surface area contributed by atoms with E-state index >= 15 is 0 Å². The lowest BCUT2D eigenvalue weighted by molar-refractivity contribution is 0.0978. The number of hydrogen-bond acceptors (Lipinski definition) is 6. The zero-order valence-electron chi connectivity index (χ0n) is 12.2. The van der Waals surface area contributed by atoms with Crippen molar-refractivity contribution in [2.24, 2.45) is 17.1 Å². The highest BCUT2D eigenvalue weighted by atomic mass is 16.5. The van der Waals surface area contributed by atoms with E-state index in [4.69, 9.17) is 10.5 Å². The van der Waals surface area contributed by atoms with Gasteiger partial charge in [-0.1, -0.05) is 12.1 Å². The van der Waals surface area contributed by atoms with Gasteiger partial charge in [-0.25, -0.2) is 0 Å². The van der Waals surface area contributed by atoms with Crippen LogP contribution in [0.1, 0.15) is 11.5 Å². The fourth-order valence-electron chi connectivity index (χ4n) is 3.42. The van der Waals surface area contributed by atoms with Crippen molar-refractivity contribution in [3.05, 3.63) is 53.0 Å². The molecule has 6 nitrogen and oxygen atoms in total. The molecule has 0 bridgehead atoms. The normalized spacial score (nSPS) is 25.3. The number of hydrogen-bond donors (Lipinski definition) is 1. The van der Waals surface area contributed by atoms with E-state index in [0.717, 1.165) is 11.1 Å². The van der Waals surface area contributed by atoms with E-state index in [9.17, 15) is 15.8 Å². The zero-order valence-corrected chi connectivity index (χ0v) is 12.2. The number of pyridine rings is 1. The predicted octanol–water partition coefficient (Wildman–Crippen LogP) is 1.52. The molecule has 2 aliphatic rings.